The van der Waals surface area contributed by atoms with Gasteiger partial charge in [-0.2, -0.15) is 0 Å². The molecule has 11 heavy (non-hydrogen) atoms. The Labute approximate surface area is 66.9 Å². The zero-order valence-corrected chi connectivity index (χ0v) is 6.66. The molecular weight excluding hydrogens is 140 g/mol. The van der Waals surface area contributed by atoms with Crippen LogP contribution in [0, 0.1) is 0 Å². The third-order valence-electron chi connectivity index (χ3n) is 3.09. The van der Waals surface area contributed by atoms with Gasteiger partial charge in [0.15, 0.2) is 0 Å². The van der Waals surface area contributed by atoms with Crippen molar-refractivity contribution in [3.8, 4) is 0 Å². The summed E-state index contributed by atoms with van der Waals surface area (Å²) in [7, 11) is 0. The van der Waals surface area contributed by atoms with Crippen molar-refractivity contribution in [2.24, 2.45) is 0 Å². The fraction of sp³-hybridized carbons (Fsp3) is 1.00. The predicted octanol–water partition coefficient (Wildman–Crippen LogP) is 1.49. The second kappa shape index (κ2) is 2.20. The van der Waals surface area contributed by atoms with Crippen molar-refractivity contribution in [3.05, 3.63) is 0 Å². The van der Waals surface area contributed by atoms with E-state index in [1.165, 1.54) is 32.1 Å². The molecule has 0 spiro atoms. The quantitative estimate of drug-likeness (QED) is 0.494. The van der Waals surface area contributed by atoms with Gasteiger partial charge in [-0.05, 0) is 32.1 Å². The van der Waals surface area contributed by atoms with E-state index < -0.39 is 0 Å². The highest BCUT2D eigenvalue weighted by Gasteiger charge is 2.45. The Kier molecular flexibility index (Phi) is 1.29. The second-order valence-electron chi connectivity index (χ2n) is 3.93. The summed E-state index contributed by atoms with van der Waals surface area (Å²) in [4.78, 5) is 0. The van der Waals surface area contributed by atoms with E-state index in [0.717, 1.165) is 0 Å². The van der Waals surface area contributed by atoms with E-state index in [-0.39, 0.29) is 0 Å². The van der Waals surface area contributed by atoms with Gasteiger partial charge in [-0.1, -0.05) is 0 Å². The lowest BCUT2D eigenvalue weighted by molar-refractivity contribution is 0.339. The zero-order chi connectivity index (χ0) is 7.26. The fourth-order valence-electron chi connectivity index (χ4n) is 2.22. The Bertz CT molecular complexity index is 151. The van der Waals surface area contributed by atoms with Crippen LogP contribution >= 0.6 is 0 Å². The number of ether oxygens (including phenoxy) is 2. The summed E-state index contributed by atoms with van der Waals surface area (Å²) < 4.78 is 11.0. The van der Waals surface area contributed by atoms with Gasteiger partial charge in [0.05, 0.1) is 24.4 Å². The van der Waals surface area contributed by atoms with Crippen LogP contribution < -0.4 is 0 Å². The minimum Gasteiger partial charge on any atom is -0.370 e. The lowest BCUT2D eigenvalue weighted by Crippen LogP contribution is -1.95. The molecule has 2 heterocycles. The van der Waals surface area contributed by atoms with Crippen LogP contribution in [-0.4, -0.2) is 24.4 Å². The summed E-state index contributed by atoms with van der Waals surface area (Å²) in [5.41, 5.74) is 0. The van der Waals surface area contributed by atoms with Gasteiger partial charge in [0, 0.05) is 0 Å². The largest absolute Gasteiger partial charge is 0.370 e. The van der Waals surface area contributed by atoms with Gasteiger partial charge in [-0.15, -0.1) is 0 Å². The highest BCUT2D eigenvalue weighted by molar-refractivity contribution is 4.93. The lowest BCUT2D eigenvalue weighted by Gasteiger charge is -1.91. The maximum absolute atomic E-state index is 5.50. The number of hydrogen-bond acceptors (Lipinski definition) is 2. The molecule has 1 saturated carbocycles. The van der Waals surface area contributed by atoms with Gasteiger partial charge in [-0.3, -0.25) is 0 Å². The average molecular weight is 154 g/mol. The number of hydrogen-bond donors (Lipinski definition) is 0. The van der Waals surface area contributed by atoms with E-state index in [4.69, 9.17) is 9.47 Å². The first kappa shape index (κ1) is 6.44. The van der Waals surface area contributed by atoms with Crippen molar-refractivity contribution in [1.29, 1.82) is 0 Å². The highest BCUT2D eigenvalue weighted by Crippen LogP contribution is 2.39. The first-order valence-electron chi connectivity index (χ1n) is 4.74. The molecule has 0 amide bonds. The normalized spacial score (nSPS) is 54.5. The Morgan fingerprint density at radius 2 is 1.09 bits per heavy atom. The van der Waals surface area contributed by atoms with Crippen LogP contribution in [0.15, 0.2) is 0 Å². The topological polar surface area (TPSA) is 25.1 Å². The molecule has 2 heteroatoms. The van der Waals surface area contributed by atoms with Crippen LogP contribution in [0.4, 0.5) is 0 Å². The molecule has 0 bridgehead atoms. The third-order valence-corrected chi connectivity index (χ3v) is 3.09. The van der Waals surface area contributed by atoms with Crippen molar-refractivity contribution in [1.82, 2.24) is 0 Å². The van der Waals surface area contributed by atoms with E-state index in [2.05, 4.69) is 0 Å². The molecule has 62 valence electrons. The Morgan fingerprint density at radius 3 is 1.64 bits per heavy atom. The van der Waals surface area contributed by atoms with E-state index in [1.807, 2.05) is 0 Å². The molecule has 0 radical (unpaired) electrons. The number of fused-ring (bicyclic) bond motifs is 2. The molecule has 1 aliphatic carbocycles. The van der Waals surface area contributed by atoms with Gasteiger partial charge >= 0.3 is 0 Å². The lowest BCUT2D eigenvalue weighted by atomic mass is 10.1. The average Bonchev–Trinajstić information content (AvgIpc) is 2.85. The van der Waals surface area contributed by atoms with Crippen LogP contribution in [0.5, 0.6) is 0 Å². The summed E-state index contributed by atoms with van der Waals surface area (Å²) in [5.74, 6) is 0. The maximum Gasteiger partial charge on any atom is 0.0842 e. The zero-order valence-electron chi connectivity index (χ0n) is 6.66. The smallest absolute Gasteiger partial charge is 0.0842 e. The first-order chi connectivity index (χ1) is 5.43. The standard InChI is InChI=1S/C9H14O2/c1-2-6-8(10-6)4-5-9-7(3-1)11-9/h6-9H,1-5H2/t6-,7-,8+,9+/m1/s1. The second-order valence-corrected chi connectivity index (χ2v) is 3.93. The van der Waals surface area contributed by atoms with Crippen molar-refractivity contribution < 1.29 is 9.47 Å². The Hall–Kier alpha value is -0.0800. The van der Waals surface area contributed by atoms with Crippen LogP contribution in [0.3, 0.4) is 0 Å². The molecule has 0 aromatic rings. The van der Waals surface area contributed by atoms with Gasteiger partial charge < -0.3 is 9.47 Å². The summed E-state index contributed by atoms with van der Waals surface area (Å²) >= 11 is 0. The highest BCUT2D eigenvalue weighted by atomic mass is 16.6. The molecular formula is C9H14O2. The van der Waals surface area contributed by atoms with Crippen LogP contribution in [0.1, 0.15) is 32.1 Å². The molecule has 4 atom stereocenters. The molecule has 0 aromatic carbocycles. The molecule has 0 N–H and O–H groups in total. The first-order valence-corrected chi connectivity index (χ1v) is 4.74. The summed E-state index contributed by atoms with van der Waals surface area (Å²) in [6, 6.07) is 0. The number of epoxide rings is 2. The van der Waals surface area contributed by atoms with Gasteiger partial charge in [0.25, 0.3) is 0 Å². The molecule has 3 aliphatic rings. The van der Waals surface area contributed by atoms with E-state index in [1.54, 1.807) is 0 Å². The molecule has 2 nitrogen and oxygen atoms in total. The monoisotopic (exact) mass is 154 g/mol. The predicted molar refractivity (Wildman–Crippen MR) is 40.4 cm³/mol. The fourth-order valence-corrected chi connectivity index (χ4v) is 2.22. The summed E-state index contributed by atoms with van der Waals surface area (Å²) in [5, 5.41) is 0. The summed E-state index contributed by atoms with van der Waals surface area (Å²) in [6.45, 7) is 0. The maximum atomic E-state index is 5.50. The molecule has 0 unspecified atom stereocenters. The van der Waals surface area contributed by atoms with Crippen molar-refractivity contribution in [2.45, 2.75) is 56.5 Å². The van der Waals surface area contributed by atoms with E-state index in [9.17, 15) is 0 Å². The Balaban J connectivity index is 1.62. The van der Waals surface area contributed by atoms with Crippen LogP contribution in [-0.2, 0) is 9.47 Å². The number of rotatable bonds is 0. The van der Waals surface area contributed by atoms with Crippen molar-refractivity contribution >= 4 is 0 Å². The molecule has 2 saturated heterocycles. The van der Waals surface area contributed by atoms with Gasteiger partial charge in [0.1, 0.15) is 0 Å². The minimum atomic E-state index is 0.609. The molecule has 3 fully saturated rings. The minimum absolute atomic E-state index is 0.609. The third kappa shape index (κ3) is 1.18. The van der Waals surface area contributed by atoms with Crippen molar-refractivity contribution in [2.75, 3.05) is 0 Å². The van der Waals surface area contributed by atoms with Crippen LogP contribution in [0.25, 0.3) is 0 Å². The van der Waals surface area contributed by atoms with E-state index in [0.29, 0.717) is 24.4 Å². The molecule has 2 aliphatic heterocycles. The van der Waals surface area contributed by atoms with Gasteiger partial charge in [-0.25, -0.2) is 0 Å². The SMILES string of the molecule is C1C[C@H]2O[C@H]2CC[C@@H]2O[C@@H]2C1. The molecule has 3 rings (SSSR count). The van der Waals surface area contributed by atoms with Crippen LogP contribution in [0.2, 0.25) is 0 Å². The van der Waals surface area contributed by atoms with Crippen molar-refractivity contribution in [3.63, 3.8) is 0 Å². The Morgan fingerprint density at radius 1 is 0.636 bits per heavy atom. The van der Waals surface area contributed by atoms with E-state index >= 15 is 0 Å². The molecule has 0 aromatic heterocycles. The van der Waals surface area contributed by atoms with Gasteiger partial charge in [0.2, 0.25) is 0 Å². The summed E-state index contributed by atoms with van der Waals surface area (Å²) in [6.07, 6.45) is 8.82.